The first-order valence-electron chi connectivity index (χ1n) is 16.4. The fourth-order valence-electron chi connectivity index (χ4n) is 7.73. The number of aromatic nitrogens is 2. The van der Waals surface area contributed by atoms with E-state index in [2.05, 4.69) is 15.9 Å². The fraction of sp³-hybridized carbons (Fsp3) is 0.429. The topological polar surface area (TPSA) is 71.0 Å². The van der Waals surface area contributed by atoms with E-state index in [-0.39, 0.29) is 77.4 Å². The average molecular weight is 635 g/mol. The van der Waals surface area contributed by atoms with Crippen LogP contribution in [-0.2, 0) is 4.74 Å². The van der Waals surface area contributed by atoms with Gasteiger partial charge in [-0.05, 0) is 67.6 Å². The van der Waals surface area contributed by atoms with Gasteiger partial charge in [0.25, 0.3) is 0 Å². The summed E-state index contributed by atoms with van der Waals surface area (Å²) in [4.78, 5) is 12.6. The third-order valence-corrected chi connectivity index (χ3v) is 10.0. The SMILES string of the molecule is [2H]C([2H])(Oc1nc(N2CCOC[C@H]3[C@H](F)[C@H]32)c2cc(F)c(-c3cc4cc(O)ccc4c(C#C)c3F)c(C)c2n1)[C@@]12CCCN1C[C@H](F)C2. The van der Waals surface area contributed by atoms with Gasteiger partial charge in [0.05, 0.1) is 38.6 Å². The minimum absolute atomic E-state index is 0.0557. The van der Waals surface area contributed by atoms with Gasteiger partial charge in [-0.3, -0.25) is 4.90 Å². The van der Waals surface area contributed by atoms with Crippen LogP contribution in [0.4, 0.5) is 23.4 Å². The number of rotatable bonds is 5. The Kier molecular flexibility index (Phi) is 6.29. The lowest BCUT2D eigenvalue weighted by Crippen LogP contribution is -2.43. The first-order valence-corrected chi connectivity index (χ1v) is 15.4. The quantitative estimate of drug-likeness (QED) is 0.218. The van der Waals surface area contributed by atoms with Crippen molar-refractivity contribution in [3.05, 3.63) is 53.1 Å². The van der Waals surface area contributed by atoms with Crippen molar-refractivity contribution in [1.82, 2.24) is 14.9 Å². The van der Waals surface area contributed by atoms with Gasteiger partial charge in [0.2, 0.25) is 0 Å². The molecule has 5 atom stereocenters. The summed E-state index contributed by atoms with van der Waals surface area (Å²) in [6, 6.07) is 5.83. The van der Waals surface area contributed by atoms with E-state index in [9.17, 15) is 9.50 Å². The van der Waals surface area contributed by atoms with Crippen molar-refractivity contribution in [2.75, 3.05) is 44.3 Å². The molecule has 238 valence electrons. The number of hydrogen-bond acceptors (Lipinski definition) is 7. The number of alkyl halides is 2. The van der Waals surface area contributed by atoms with Crippen molar-refractivity contribution in [3.8, 4) is 35.2 Å². The van der Waals surface area contributed by atoms with Crippen LogP contribution in [0.15, 0.2) is 30.3 Å². The molecule has 7 nitrogen and oxygen atoms in total. The van der Waals surface area contributed by atoms with Crippen molar-refractivity contribution >= 4 is 27.5 Å². The summed E-state index contributed by atoms with van der Waals surface area (Å²) in [6.07, 6.45) is 4.25. The number of phenols is 1. The zero-order chi connectivity index (χ0) is 33.7. The molecule has 3 aromatic carbocycles. The molecule has 4 fully saturated rings. The predicted octanol–water partition coefficient (Wildman–Crippen LogP) is 5.85. The number of aromatic hydroxyl groups is 1. The normalized spacial score (nSPS) is 28.4. The van der Waals surface area contributed by atoms with E-state index in [1.54, 1.807) is 16.7 Å². The minimum Gasteiger partial charge on any atom is -0.508 e. The first kappa shape index (κ1) is 27.0. The number of hydrogen-bond donors (Lipinski definition) is 1. The second kappa shape index (κ2) is 10.7. The molecule has 3 aliphatic heterocycles. The zero-order valence-corrected chi connectivity index (χ0v) is 25.0. The summed E-state index contributed by atoms with van der Waals surface area (Å²) in [7, 11) is 0. The van der Waals surface area contributed by atoms with Crippen LogP contribution in [0.5, 0.6) is 11.8 Å². The van der Waals surface area contributed by atoms with Gasteiger partial charge < -0.3 is 19.5 Å². The van der Waals surface area contributed by atoms with Crippen LogP contribution >= 0.6 is 0 Å². The molecule has 0 bridgehead atoms. The van der Waals surface area contributed by atoms with Crippen LogP contribution in [0.2, 0.25) is 0 Å². The highest BCUT2D eigenvalue weighted by atomic mass is 19.1. The lowest BCUT2D eigenvalue weighted by molar-refractivity contribution is 0.107. The molecule has 1 N–H and O–H groups in total. The van der Waals surface area contributed by atoms with Crippen LogP contribution < -0.4 is 9.64 Å². The molecule has 11 heteroatoms. The molecule has 8 rings (SSSR count). The van der Waals surface area contributed by atoms with Crippen molar-refractivity contribution < 1.29 is 34.9 Å². The molecular formula is C35H32F4N4O3. The Bertz CT molecular complexity index is 2040. The van der Waals surface area contributed by atoms with Crippen molar-refractivity contribution in [1.29, 1.82) is 0 Å². The van der Waals surface area contributed by atoms with E-state index in [1.807, 2.05) is 0 Å². The van der Waals surface area contributed by atoms with Crippen LogP contribution in [0.1, 0.15) is 33.1 Å². The second-order valence-electron chi connectivity index (χ2n) is 12.7. The predicted molar refractivity (Wildman–Crippen MR) is 166 cm³/mol. The van der Waals surface area contributed by atoms with E-state index < -0.39 is 54.0 Å². The van der Waals surface area contributed by atoms with Gasteiger partial charge in [0, 0.05) is 47.3 Å². The number of fused-ring (bicyclic) bond motifs is 4. The van der Waals surface area contributed by atoms with Gasteiger partial charge >= 0.3 is 6.01 Å². The van der Waals surface area contributed by atoms with Gasteiger partial charge in [0.15, 0.2) is 0 Å². The molecule has 3 saturated heterocycles. The van der Waals surface area contributed by atoms with Crippen molar-refractivity contribution in [3.63, 3.8) is 0 Å². The summed E-state index contributed by atoms with van der Waals surface area (Å²) >= 11 is 0. The molecule has 4 heterocycles. The van der Waals surface area contributed by atoms with Crippen LogP contribution in [-0.4, -0.2) is 83.3 Å². The highest BCUT2D eigenvalue weighted by molar-refractivity contribution is 5.99. The van der Waals surface area contributed by atoms with E-state index >= 15 is 13.2 Å². The molecule has 4 aromatic rings. The van der Waals surface area contributed by atoms with E-state index in [0.717, 1.165) is 6.07 Å². The number of anilines is 1. The fourth-order valence-corrected chi connectivity index (χ4v) is 7.73. The van der Waals surface area contributed by atoms with Crippen LogP contribution in [0.3, 0.4) is 0 Å². The molecule has 46 heavy (non-hydrogen) atoms. The Balaban J connectivity index is 1.33. The van der Waals surface area contributed by atoms with Gasteiger partial charge in [0.1, 0.15) is 42.1 Å². The smallest absolute Gasteiger partial charge is 0.319 e. The van der Waals surface area contributed by atoms with Crippen LogP contribution in [0.25, 0.3) is 32.8 Å². The van der Waals surface area contributed by atoms with Gasteiger partial charge in [-0.2, -0.15) is 9.97 Å². The van der Waals surface area contributed by atoms with Gasteiger partial charge in [-0.25, -0.2) is 17.6 Å². The summed E-state index contributed by atoms with van der Waals surface area (Å²) in [5.41, 5.74) is -1.34. The van der Waals surface area contributed by atoms with Gasteiger partial charge in [-0.1, -0.05) is 5.92 Å². The monoisotopic (exact) mass is 634 g/mol. The molecule has 1 aromatic heterocycles. The maximum absolute atomic E-state index is 16.4. The third-order valence-electron chi connectivity index (χ3n) is 10.0. The Morgan fingerprint density at radius 2 is 2.04 bits per heavy atom. The second-order valence-corrected chi connectivity index (χ2v) is 12.7. The van der Waals surface area contributed by atoms with Gasteiger partial charge in [-0.15, -0.1) is 6.42 Å². The number of phenolic OH excluding ortho intramolecular Hbond substituents is 1. The number of terminal acetylenes is 1. The van der Waals surface area contributed by atoms with Crippen LogP contribution in [0, 0.1) is 36.8 Å². The summed E-state index contributed by atoms with van der Waals surface area (Å²) in [6.45, 7) is 0.428. The Labute approximate surface area is 265 Å². The summed E-state index contributed by atoms with van der Waals surface area (Å²) in [5, 5.41) is 11.1. The number of nitrogens with zero attached hydrogens (tertiary/aromatic N) is 4. The molecule has 1 aliphatic carbocycles. The van der Waals surface area contributed by atoms with Crippen molar-refractivity contribution in [2.45, 2.75) is 50.1 Å². The van der Waals surface area contributed by atoms with E-state index in [4.69, 9.17) is 18.6 Å². The number of benzene rings is 3. The molecule has 1 saturated carbocycles. The molecular weight excluding hydrogens is 600 g/mol. The lowest BCUT2D eigenvalue weighted by Gasteiger charge is -2.31. The van der Waals surface area contributed by atoms with Crippen molar-refractivity contribution in [2.24, 2.45) is 5.92 Å². The molecule has 0 spiro atoms. The maximum Gasteiger partial charge on any atom is 0.319 e. The lowest BCUT2D eigenvalue weighted by atomic mass is 9.92. The molecule has 4 aliphatic rings. The number of halogens is 4. The molecule has 0 radical (unpaired) electrons. The standard InChI is InChI=1S/C35H32F4N4O3/c1-3-22-23-6-5-21(44)11-19(23)12-24(29(22)38)28-18(2)31-25(13-27(28)37)33(43-9-10-45-16-26-30(39)32(26)43)41-34(40-31)46-17-35-7-4-8-42(35)15-20(36)14-35/h1,5-6,11-13,20,26,30,32,44H,4,7-10,14-17H2,2H3/t20-,26+,30+,32+,35+/m1/s1/i17D2. The minimum atomic E-state index is -2.42. The number of ether oxygens (including phenoxy) is 2. The summed E-state index contributed by atoms with van der Waals surface area (Å²) < 4.78 is 91.9. The Morgan fingerprint density at radius 1 is 1.20 bits per heavy atom. The summed E-state index contributed by atoms with van der Waals surface area (Å²) in [5.74, 6) is 0.316. The largest absolute Gasteiger partial charge is 0.508 e. The number of aryl methyl sites for hydroxylation is 1. The maximum atomic E-state index is 16.4. The third kappa shape index (κ3) is 4.48. The molecule has 0 unspecified atom stereocenters. The Morgan fingerprint density at radius 3 is 2.87 bits per heavy atom. The average Bonchev–Trinajstić information content (AvgIpc) is 3.39. The highest BCUT2D eigenvalue weighted by Gasteiger charge is 2.56. The Hall–Kier alpha value is -4.14. The van der Waals surface area contributed by atoms with E-state index in [0.29, 0.717) is 30.2 Å². The zero-order valence-electron chi connectivity index (χ0n) is 27.0. The molecule has 0 amide bonds. The highest BCUT2D eigenvalue weighted by Crippen LogP contribution is 2.46. The van der Waals surface area contributed by atoms with E-state index in [1.165, 1.54) is 24.3 Å². The first-order chi connectivity index (χ1) is 22.9.